The predicted octanol–water partition coefficient (Wildman–Crippen LogP) is 4.98. The molecular weight excluding hydrogens is 393 g/mol. The van der Waals surface area contributed by atoms with Gasteiger partial charge in [-0.2, -0.15) is 0 Å². The summed E-state index contributed by atoms with van der Waals surface area (Å²) in [5, 5.41) is 14.9. The second-order valence-corrected chi connectivity index (χ2v) is 9.88. The molecule has 31 heavy (non-hydrogen) atoms. The van der Waals surface area contributed by atoms with Crippen LogP contribution in [0.1, 0.15) is 56.6 Å². The smallest absolute Gasteiger partial charge is 0.166 e. The van der Waals surface area contributed by atoms with Crippen LogP contribution in [0.4, 0.5) is 4.39 Å². The lowest BCUT2D eigenvalue weighted by atomic mass is 9.51. The Kier molecular flexibility index (Phi) is 5.43. The number of aliphatic hydroxyl groups is 1. The normalized spacial score (nSPS) is 31.1. The highest BCUT2D eigenvalue weighted by molar-refractivity contribution is 5.47. The molecule has 4 fully saturated rings. The van der Waals surface area contributed by atoms with Gasteiger partial charge in [-0.25, -0.2) is 4.39 Å². The number of para-hydroxylation sites is 1. The van der Waals surface area contributed by atoms with Gasteiger partial charge in [-0.15, -0.1) is 0 Å². The van der Waals surface area contributed by atoms with E-state index in [1.54, 1.807) is 12.1 Å². The lowest BCUT2D eigenvalue weighted by Gasteiger charge is -2.60. The van der Waals surface area contributed by atoms with Crippen LogP contribution in [0.3, 0.4) is 0 Å². The summed E-state index contributed by atoms with van der Waals surface area (Å²) in [6.07, 6.45) is 6.31. The zero-order valence-corrected chi connectivity index (χ0v) is 18.2. The molecule has 5 heteroatoms. The Hall–Kier alpha value is -2.11. The van der Waals surface area contributed by atoms with Gasteiger partial charge < -0.3 is 19.9 Å². The van der Waals surface area contributed by atoms with Crippen LogP contribution in [-0.4, -0.2) is 22.9 Å². The first-order valence-electron chi connectivity index (χ1n) is 11.6. The Balaban J connectivity index is 1.35. The Morgan fingerprint density at radius 1 is 1.00 bits per heavy atom. The van der Waals surface area contributed by atoms with E-state index in [9.17, 15) is 9.50 Å². The summed E-state index contributed by atoms with van der Waals surface area (Å²) < 4.78 is 26.0. The van der Waals surface area contributed by atoms with E-state index >= 15 is 0 Å². The molecule has 0 saturated heterocycles. The molecule has 4 bridgehead atoms. The molecule has 2 aromatic carbocycles. The fourth-order valence-electron chi connectivity index (χ4n) is 6.60. The van der Waals surface area contributed by atoms with E-state index in [0.29, 0.717) is 42.0 Å². The van der Waals surface area contributed by atoms with Gasteiger partial charge in [0.2, 0.25) is 0 Å². The Labute approximate surface area is 183 Å². The summed E-state index contributed by atoms with van der Waals surface area (Å²) in [5.41, 5.74) is 1.04. The third kappa shape index (κ3) is 4.18. The van der Waals surface area contributed by atoms with E-state index in [1.807, 2.05) is 31.2 Å². The molecule has 2 N–H and O–H groups in total. The number of halogens is 1. The van der Waals surface area contributed by atoms with Crippen LogP contribution in [-0.2, 0) is 13.2 Å². The Morgan fingerprint density at radius 2 is 1.74 bits per heavy atom. The number of hydrogen-bond donors (Lipinski definition) is 2. The number of rotatable bonds is 8. The van der Waals surface area contributed by atoms with Crippen molar-refractivity contribution < 1.29 is 19.0 Å². The van der Waals surface area contributed by atoms with Gasteiger partial charge in [-0.05, 0) is 69.4 Å². The summed E-state index contributed by atoms with van der Waals surface area (Å²) in [5.74, 6) is 2.35. The first kappa shape index (κ1) is 20.8. The van der Waals surface area contributed by atoms with Crippen molar-refractivity contribution in [3.8, 4) is 11.5 Å². The van der Waals surface area contributed by atoms with Gasteiger partial charge in [-0.1, -0.05) is 30.3 Å². The molecule has 4 nitrogen and oxygen atoms in total. The minimum absolute atomic E-state index is 0.00323. The molecule has 4 aliphatic rings. The van der Waals surface area contributed by atoms with Gasteiger partial charge in [0.25, 0.3) is 0 Å². The maximum absolute atomic E-state index is 14.1. The standard InChI is InChI=1S/C26H32FNO3/c1-2-30-23-9-5-7-20(24(23)31-16-21-6-3-4-8-22(21)27)15-28-25-11-18-10-19(12-25)14-26(29,13-18)17-25/h3-9,18-19,28-29H,2,10-17H2,1H3. The molecule has 166 valence electrons. The van der Waals surface area contributed by atoms with Gasteiger partial charge in [0.15, 0.2) is 11.5 Å². The van der Waals surface area contributed by atoms with Crippen LogP contribution in [0, 0.1) is 17.7 Å². The number of hydrogen-bond acceptors (Lipinski definition) is 4. The van der Waals surface area contributed by atoms with Crippen LogP contribution < -0.4 is 14.8 Å². The van der Waals surface area contributed by atoms with Gasteiger partial charge in [0.1, 0.15) is 12.4 Å². The summed E-state index contributed by atoms with van der Waals surface area (Å²) >= 11 is 0. The lowest BCUT2D eigenvalue weighted by molar-refractivity contribution is -0.142. The van der Waals surface area contributed by atoms with Crippen molar-refractivity contribution in [3.05, 3.63) is 59.4 Å². The minimum atomic E-state index is -0.492. The van der Waals surface area contributed by atoms with Gasteiger partial charge >= 0.3 is 0 Å². The first-order valence-corrected chi connectivity index (χ1v) is 11.6. The molecule has 0 aromatic heterocycles. The summed E-state index contributed by atoms with van der Waals surface area (Å²) in [6.45, 7) is 3.27. The summed E-state index contributed by atoms with van der Waals surface area (Å²) in [4.78, 5) is 0. The molecular formula is C26H32FNO3. The molecule has 4 saturated carbocycles. The van der Waals surface area contributed by atoms with Gasteiger partial charge in [-0.3, -0.25) is 0 Å². The van der Waals surface area contributed by atoms with Crippen LogP contribution in [0.25, 0.3) is 0 Å². The summed E-state index contributed by atoms with van der Waals surface area (Å²) in [7, 11) is 0. The fourth-order valence-corrected chi connectivity index (χ4v) is 6.60. The zero-order chi connectivity index (χ0) is 21.5. The third-order valence-electron chi connectivity index (χ3n) is 7.37. The number of benzene rings is 2. The van der Waals surface area contributed by atoms with Crippen molar-refractivity contribution in [1.29, 1.82) is 0 Å². The van der Waals surface area contributed by atoms with Crippen molar-refractivity contribution in [3.63, 3.8) is 0 Å². The molecule has 0 amide bonds. The molecule has 0 aliphatic heterocycles. The number of ether oxygens (including phenoxy) is 2. The van der Waals surface area contributed by atoms with E-state index in [2.05, 4.69) is 5.32 Å². The highest BCUT2D eigenvalue weighted by Crippen LogP contribution is 2.57. The SMILES string of the molecule is CCOc1cccc(CNC23CC4CC(CC(O)(C4)C2)C3)c1OCc1ccccc1F. The topological polar surface area (TPSA) is 50.7 Å². The predicted molar refractivity (Wildman–Crippen MR) is 118 cm³/mol. The largest absolute Gasteiger partial charge is 0.490 e. The van der Waals surface area contributed by atoms with E-state index in [4.69, 9.17) is 9.47 Å². The monoisotopic (exact) mass is 425 g/mol. The maximum Gasteiger partial charge on any atom is 0.166 e. The van der Waals surface area contributed by atoms with Gasteiger partial charge in [0, 0.05) is 23.2 Å². The third-order valence-corrected chi connectivity index (χ3v) is 7.37. The molecule has 6 rings (SSSR count). The molecule has 0 heterocycles. The van der Waals surface area contributed by atoms with E-state index < -0.39 is 5.60 Å². The maximum atomic E-state index is 14.1. The van der Waals surface area contributed by atoms with Gasteiger partial charge in [0.05, 0.1) is 12.2 Å². The van der Waals surface area contributed by atoms with Crippen LogP contribution in [0.2, 0.25) is 0 Å². The van der Waals surface area contributed by atoms with Crippen LogP contribution >= 0.6 is 0 Å². The quantitative estimate of drug-likeness (QED) is 0.627. The average molecular weight is 426 g/mol. The Morgan fingerprint density at radius 3 is 2.45 bits per heavy atom. The highest BCUT2D eigenvalue weighted by atomic mass is 19.1. The van der Waals surface area contributed by atoms with E-state index in [0.717, 1.165) is 37.7 Å². The van der Waals surface area contributed by atoms with Crippen molar-refractivity contribution in [2.45, 2.75) is 69.7 Å². The Bertz CT molecular complexity index is 932. The molecule has 0 spiro atoms. The highest BCUT2D eigenvalue weighted by Gasteiger charge is 2.56. The van der Waals surface area contributed by atoms with E-state index in [1.165, 1.54) is 12.5 Å². The molecule has 2 unspecified atom stereocenters. The van der Waals surface area contributed by atoms with Crippen molar-refractivity contribution in [2.24, 2.45) is 11.8 Å². The van der Waals surface area contributed by atoms with E-state index in [-0.39, 0.29) is 18.0 Å². The fraction of sp³-hybridized carbons (Fsp3) is 0.538. The van der Waals surface area contributed by atoms with Crippen LogP contribution in [0.15, 0.2) is 42.5 Å². The molecule has 2 atom stereocenters. The molecule has 2 aromatic rings. The van der Waals surface area contributed by atoms with Crippen molar-refractivity contribution >= 4 is 0 Å². The summed E-state index contributed by atoms with van der Waals surface area (Å²) in [6, 6.07) is 12.6. The van der Waals surface area contributed by atoms with Crippen molar-refractivity contribution in [1.82, 2.24) is 5.32 Å². The zero-order valence-electron chi connectivity index (χ0n) is 18.2. The minimum Gasteiger partial charge on any atom is -0.490 e. The average Bonchev–Trinajstić information content (AvgIpc) is 2.71. The lowest BCUT2D eigenvalue weighted by Crippen LogP contribution is -2.64. The van der Waals surface area contributed by atoms with Crippen molar-refractivity contribution in [2.75, 3.05) is 6.61 Å². The first-order chi connectivity index (χ1) is 15.0. The second kappa shape index (κ2) is 8.10. The molecule has 4 aliphatic carbocycles. The second-order valence-electron chi connectivity index (χ2n) is 9.88. The van der Waals surface area contributed by atoms with Crippen LogP contribution in [0.5, 0.6) is 11.5 Å². The molecule has 0 radical (unpaired) electrons. The number of nitrogens with one attached hydrogen (secondary N) is 1.